The van der Waals surface area contributed by atoms with E-state index in [4.69, 9.17) is 0 Å². The normalized spacial score (nSPS) is 19.0. The van der Waals surface area contributed by atoms with Gasteiger partial charge < -0.3 is 10.2 Å². The van der Waals surface area contributed by atoms with Gasteiger partial charge in [-0.2, -0.15) is 0 Å². The number of nitrogens with zero attached hydrogens (tertiary/aromatic N) is 2. The lowest BCUT2D eigenvalue weighted by atomic mass is 9.85. The van der Waals surface area contributed by atoms with Crippen LogP contribution in [0.2, 0.25) is 0 Å². The third kappa shape index (κ3) is 4.50. The van der Waals surface area contributed by atoms with Crippen molar-refractivity contribution in [2.45, 2.75) is 58.0 Å². The molecule has 2 aromatic carbocycles. The van der Waals surface area contributed by atoms with Gasteiger partial charge in [-0.05, 0) is 43.9 Å². The molecule has 7 heteroatoms. The Morgan fingerprint density at radius 2 is 1.87 bits per heavy atom. The molecule has 0 saturated carbocycles. The van der Waals surface area contributed by atoms with Crippen LogP contribution in [0.15, 0.2) is 48.5 Å². The summed E-state index contributed by atoms with van der Waals surface area (Å²) in [5, 5.41) is 13.9. The lowest BCUT2D eigenvalue weighted by Crippen LogP contribution is -2.47. The van der Waals surface area contributed by atoms with Gasteiger partial charge in [-0.3, -0.25) is 19.7 Å². The minimum Gasteiger partial charge on any atom is -0.353 e. The highest BCUT2D eigenvalue weighted by Gasteiger charge is 2.36. The third-order valence-corrected chi connectivity index (χ3v) is 5.68. The van der Waals surface area contributed by atoms with E-state index in [1.807, 2.05) is 45.0 Å². The summed E-state index contributed by atoms with van der Waals surface area (Å²) in [6.45, 7) is 5.96. The molecular formula is C23H27N3O4. The maximum Gasteiger partial charge on any atom is 0.269 e. The molecule has 0 bridgehead atoms. The van der Waals surface area contributed by atoms with Crippen molar-refractivity contribution in [1.29, 1.82) is 0 Å². The van der Waals surface area contributed by atoms with Crippen LogP contribution in [0.1, 0.15) is 50.7 Å². The summed E-state index contributed by atoms with van der Waals surface area (Å²) in [7, 11) is 0. The molecule has 7 nitrogen and oxygen atoms in total. The first-order chi connectivity index (χ1) is 14.3. The Kier molecular flexibility index (Phi) is 6.50. The van der Waals surface area contributed by atoms with Crippen LogP contribution in [0, 0.1) is 10.1 Å². The summed E-state index contributed by atoms with van der Waals surface area (Å²) in [5.74, 6) is -0.399. The zero-order valence-electron chi connectivity index (χ0n) is 17.5. The number of carbonyl (C=O) groups excluding carboxylic acids is 2. The average molecular weight is 409 g/mol. The second-order valence-corrected chi connectivity index (χ2v) is 7.88. The van der Waals surface area contributed by atoms with Crippen LogP contribution >= 0.6 is 0 Å². The number of non-ortho nitro benzene ring substituents is 1. The molecule has 1 heterocycles. The predicted octanol–water partition coefficient (Wildman–Crippen LogP) is 3.96. The van der Waals surface area contributed by atoms with E-state index < -0.39 is 4.92 Å². The molecule has 0 saturated heterocycles. The highest BCUT2D eigenvalue weighted by molar-refractivity contribution is 5.98. The Balaban J connectivity index is 1.84. The summed E-state index contributed by atoms with van der Waals surface area (Å²) < 4.78 is 0. The fourth-order valence-electron chi connectivity index (χ4n) is 3.88. The van der Waals surface area contributed by atoms with Crippen molar-refractivity contribution in [1.82, 2.24) is 5.32 Å². The molecule has 158 valence electrons. The van der Waals surface area contributed by atoms with Crippen molar-refractivity contribution in [2.24, 2.45) is 0 Å². The Hall–Kier alpha value is -3.22. The van der Waals surface area contributed by atoms with Crippen molar-refractivity contribution in [3.05, 3.63) is 69.8 Å². The third-order valence-electron chi connectivity index (χ3n) is 5.68. The first kappa shape index (κ1) is 21.5. The Bertz CT molecular complexity index is 942. The van der Waals surface area contributed by atoms with Crippen LogP contribution < -0.4 is 10.2 Å². The standard InChI is InChI=1S/C23H27N3O4/c1-4-15(2)24-23(28)20-13-16(3)25(21-8-6-5-7-19(20)21)22(27)14-17-9-11-18(12-10-17)26(29)30/h5-12,15-16,20H,4,13-14H2,1-3H3,(H,24,28)/t15-,16-,20+/m0/s1. The maximum atomic E-state index is 13.2. The van der Waals surface area contributed by atoms with Gasteiger partial charge in [0.1, 0.15) is 0 Å². The number of hydrogen-bond acceptors (Lipinski definition) is 4. The molecule has 1 aliphatic heterocycles. The van der Waals surface area contributed by atoms with Gasteiger partial charge in [-0.25, -0.2) is 0 Å². The van der Waals surface area contributed by atoms with Gasteiger partial charge in [0, 0.05) is 29.9 Å². The van der Waals surface area contributed by atoms with E-state index in [1.54, 1.807) is 17.0 Å². The van der Waals surface area contributed by atoms with Gasteiger partial charge in [-0.1, -0.05) is 37.3 Å². The number of anilines is 1. The van der Waals surface area contributed by atoms with Gasteiger partial charge in [-0.15, -0.1) is 0 Å². The number of para-hydroxylation sites is 1. The van der Waals surface area contributed by atoms with Crippen molar-refractivity contribution in [3.8, 4) is 0 Å². The van der Waals surface area contributed by atoms with E-state index in [9.17, 15) is 19.7 Å². The number of hydrogen-bond donors (Lipinski definition) is 1. The molecule has 1 aliphatic rings. The molecule has 0 spiro atoms. The van der Waals surface area contributed by atoms with Gasteiger partial charge in [0.2, 0.25) is 11.8 Å². The molecular weight excluding hydrogens is 382 g/mol. The lowest BCUT2D eigenvalue weighted by Gasteiger charge is -2.39. The second-order valence-electron chi connectivity index (χ2n) is 7.88. The molecule has 2 aromatic rings. The van der Waals surface area contributed by atoms with Crippen LogP contribution in [0.25, 0.3) is 0 Å². The van der Waals surface area contributed by atoms with Gasteiger partial charge in [0.05, 0.1) is 17.3 Å². The quantitative estimate of drug-likeness (QED) is 0.577. The highest BCUT2D eigenvalue weighted by atomic mass is 16.6. The first-order valence-corrected chi connectivity index (χ1v) is 10.3. The summed E-state index contributed by atoms with van der Waals surface area (Å²) in [6.07, 6.45) is 1.54. The number of benzene rings is 2. The van der Waals surface area contributed by atoms with Crippen LogP contribution in [0.3, 0.4) is 0 Å². The van der Waals surface area contributed by atoms with E-state index in [-0.39, 0.29) is 41.9 Å². The topological polar surface area (TPSA) is 92.6 Å². The Morgan fingerprint density at radius 3 is 2.50 bits per heavy atom. The summed E-state index contributed by atoms with van der Waals surface area (Å²) in [6, 6.07) is 13.5. The number of carbonyl (C=O) groups is 2. The molecule has 0 aromatic heterocycles. The average Bonchev–Trinajstić information content (AvgIpc) is 2.73. The van der Waals surface area contributed by atoms with E-state index in [0.717, 1.165) is 17.7 Å². The van der Waals surface area contributed by atoms with Crippen LogP contribution in [0.4, 0.5) is 11.4 Å². The molecule has 0 aliphatic carbocycles. The minimum absolute atomic E-state index is 0.00181. The van der Waals surface area contributed by atoms with Crippen molar-refractivity contribution >= 4 is 23.2 Å². The molecule has 1 N–H and O–H groups in total. The van der Waals surface area contributed by atoms with Gasteiger partial charge in [0.15, 0.2) is 0 Å². The van der Waals surface area contributed by atoms with Crippen LogP contribution in [-0.4, -0.2) is 28.8 Å². The number of nitrogens with one attached hydrogen (secondary N) is 1. The zero-order chi connectivity index (χ0) is 21.8. The van der Waals surface area contributed by atoms with Crippen LogP contribution in [0.5, 0.6) is 0 Å². The SMILES string of the molecule is CC[C@H](C)NC(=O)[C@@H]1C[C@H](C)N(C(=O)Cc2ccc([N+](=O)[O-])cc2)c2ccccc21. The molecule has 0 fully saturated rings. The summed E-state index contributed by atoms with van der Waals surface area (Å²) in [5.41, 5.74) is 2.32. The highest BCUT2D eigenvalue weighted by Crippen LogP contribution is 2.39. The number of nitro groups is 1. The summed E-state index contributed by atoms with van der Waals surface area (Å²) in [4.78, 5) is 38.1. The van der Waals surface area contributed by atoms with Gasteiger partial charge >= 0.3 is 0 Å². The molecule has 3 rings (SSSR count). The predicted molar refractivity (Wildman–Crippen MR) is 115 cm³/mol. The molecule has 30 heavy (non-hydrogen) atoms. The number of amides is 2. The van der Waals surface area contributed by atoms with E-state index in [1.165, 1.54) is 12.1 Å². The van der Waals surface area contributed by atoms with Crippen molar-refractivity contribution in [3.63, 3.8) is 0 Å². The van der Waals surface area contributed by atoms with E-state index >= 15 is 0 Å². The van der Waals surface area contributed by atoms with Crippen LogP contribution in [-0.2, 0) is 16.0 Å². The number of fused-ring (bicyclic) bond motifs is 1. The molecule has 2 amide bonds. The first-order valence-electron chi connectivity index (χ1n) is 10.3. The number of nitro benzene ring substituents is 1. The van der Waals surface area contributed by atoms with Gasteiger partial charge in [0.25, 0.3) is 5.69 Å². The smallest absolute Gasteiger partial charge is 0.269 e. The molecule has 3 atom stereocenters. The van der Waals surface area contributed by atoms with E-state index in [0.29, 0.717) is 12.0 Å². The fourth-order valence-corrected chi connectivity index (χ4v) is 3.88. The Morgan fingerprint density at radius 1 is 1.20 bits per heavy atom. The number of rotatable bonds is 6. The second kappa shape index (κ2) is 9.07. The molecule has 0 radical (unpaired) electrons. The summed E-state index contributed by atoms with van der Waals surface area (Å²) >= 11 is 0. The fraction of sp³-hybridized carbons (Fsp3) is 0.391. The lowest BCUT2D eigenvalue weighted by molar-refractivity contribution is -0.384. The largest absolute Gasteiger partial charge is 0.353 e. The van der Waals surface area contributed by atoms with Crippen molar-refractivity contribution in [2.75, 3.05) is 4.90 Å². The van der Waals surface area contributed by atoms with Crippen molar-refractivity contribution < 1.29 is 14.5 Å². The Labute approximate surface area is 176 Å². The minimum atomic E-state index is -0.459. The maximum absolute atomic E-state index is 13.2. The van der Waals surface area contributed by atoms with E-state index in [2.05, 4.69) is 5.32 Å². The molecule has 0 unspecified atom stereocenters. The zero-order valence-corrected chi connectivity index (χ0v) is 17.5. The monoisotopic (exact) mass is 409 g/mol.